The summed E-state index contributed by atoms with van der Waals surface area (Å²) < 4.78 is 108. The van der Waals surface area contributed by atoms with E-state index in [1.807, 2.05) is 6.92 Å². The molecule has 0 saturated carbocycles. The third kappa shape index (κ3) is 6.94. The Morgan fingerprint density at radius 3 is 2.24 bits per heavy atom. The summed E-state index contributed by atoms with van der Waals surface area (Å²) in [5.41, 5.74) is -1.27. The Bertz CT molecular complexity index is 1800. The molecule has 4 atom stereocenters. The third-order valence-corrected chi connectivity index (χ3v) is 9.18. The molecule has 0 bridgehead atoms. The summed E-state index contributed by atoms with van der Waals surface area (Å²) in [6.45, 7) is 1.86. The topological polar surface area (TPSA) is 76.1 Å². The first-order valence-corrected chi connectivity index (χ1v) is 15.5. The number of hydrogen-bond donors (Lipinski definition) is 1. The van der Waals surface area contributed by atoms with E-state index in [1.165, 1.54) is 12.1 Å². The first-order valence-electron chi connectivity index (χ1n) is 15.5. The highest BCUT2D eigenvalue weighted by Crippen LogP contribution is 2.51. The SMILES string of the molecule is C/C(=C\c1ccc(O)c(F)c1)CC[C@H]1OC[C@H]2C1=C(COc1ccccc1)C[C@H]1C(=O)N(c3cc(C(F)(F)F)cc(C(F)(F)F)c3)C(=O)[C@H]12. The van der Waals surface area contributed by atoms with Crippen LogP contribution in [0.1, 0.15) is 42.9 Å². The summed E-state index contributed by atoms with van der Waals surface area (Å²) in [6.07, 6.45) is -8.20. The standard InChI is InChI=1S/C36H30F7NO5/c1-19(11-20-8-9-29(45)28(37)12-20)7-10-30-31-21(17-48-25-5-3-2-4-6-25)13-26-32(27(31)18-49-30)34(47)44(33(26)46)24-15-22(35(38,39)40)14-23(16-24)36(41,42)43/h2-6,8-9,11-12,14-16,26-27,30,32,45H,7,10,13,17-18H2,1H3/b19-11+/t26-,27+,30-,32-/m1/s1. The van der Waals surface area contributed by atoms with Crippen LogP contribution in [0.2, 0.25) is 0 Å². The summed E-state index contributed by atoms with van der Waals surface area (Å²) in [5, 5.41) is 9.48. The van der Waals surface area contributed by atoms with Crippen LogP contribution in [0.3, 0.4) is 0 Å². The Balaban J connectivity index is 1.31. The molecule has 0 unspecified atom stereocenters. The van der Waals surface area contributed by atoms with Crippen LogP contribution in [0.25, 0.3) is 6.08 Å². The molecule has 2 fully saturated rings. The predicted molar refractivity (Wildman–Crippen MR) is 164 cm³/mol. The number of hydrogen-bond acceptors (Lipinski definition) is 5. The number of fused-ring (bicyclic) bond motifs is 3. The monoisotopic (exact) mass is 689 g/mol. The molecule has 1 N–H and O–H groups in total. The van der Waals surface area contributed by atoms with Crippen molar-refractivity contribution in [2.24, 2.45) is 17.8 Å². The smallest absolute Gasteiger partial charge is 0.416 e. The molecule has 3 aromatic carbocycles. The lowest BCUT2D eigenvalue weighted by Gasteiger charge is -2.31. The van der Waals surface area contributed by atoms with E-state index >= 15 is 0 Å². The zero-order chi connectivity index (χ0) is 35.2. The summed E-state index contributed by atoms with van der Waals surface area (Å²) in [7, 11) is 0. The second kappa shape index (κ2) is 13.0. The van der Waals surface area contributed by atoms with Crippen LogP contribution < -0.4 is 9.64 Å². The van der Waals surface area contributed by atoms with Gasteiger partial charge in [-0.15, -0.1) is 0 Å². The van der Waals surface area contributed by atoms with Crippen molar-refractivity contribution in [3.8, 4) is 11.5 Å². The Hall–Kier alpha value is -4.65. The molecular weight excluding hydrogens is 659 g/mol. The maximum atomic E-state index is 13.9. The number of para-hydroxylation sites is 1. The van der Waals surface area contributed by atoms with Gasteiger partial charge in [-0.2, -0.15) is 26.3 Å². The highest BCUT2D eigenvalue weighted by molar-refractivity contribution is 6.22. The summed E-state index contributed by atoms with van der Waals surface area (Å²) in [5.74, 6) is -5.25. The number of carbonyl (C=O) groups is 2. The van der Waals surface area contributed by atoms with Crippen molar-refractivity contribution in [3.05, 3.63) is 106 Å². The Morgan fingerprint density at radius 2 is 1.61 bits per heavy atom. The van der Waals surface area contributed by atoms with Gasteiger partial charge in [-0.1, -0.05) is 35.9 Å². The number of anilines is 1. The van der Waals surface area contributed by atoms with E-state index in [2.05, 4.69) is 0 Å². The van der Waals surface area contributed by atoms with E-state index in [0.29, 0.717) is 46.8 Å². The van der Waals surface area contributed by atoms with Crippen molar-refractivity contribution in [1.29, 1.82) is 0 Å². The van der Waals surface area contributed by atoms with Gasteiger partial charge < -0.3 is 14.6 Å². The molecule has 6 nitrogen and oxygen atoms in total. The van der Waals surface area contributed by atoms with E-state index in [-0.39, 0.29) is 25.7 Å². The second-order valence-corrected chi connectivity index (χ2v) is 12.4. The minimum Gasteiger partial charge on any atom is -0.505 e. The molecule has 3 aliphatic rings. The molecule has 0 spiro atoms. The predicted octanol–water partition coefficient (Wildman–Crippen LogP) is 8.35. The molecule has 3 aromatic rings. The van der Waals surface area contributed by atoms with E-state index in [1.54, 1.807) is 42.5 Å². The van der Waals surface area contributed by atoms with Crippen LogP contribution in [0, 0.1) is 23.6 Å². The van der Waals surface area contributed by atoms with Crippen molar-refractivity contribution >= 4 is 23.6 Å². The number of amides is 2. The lowest BCUT2D eigenvalue weighted by atomic mass is 9.69. The number of imide groups is 1. The Kier molecular flexibility index (Phi) is 9.08. The van der Waals surface area contributed by atoms with Crippen molar-refractivity contribution in [3.63, 3.8) is 0 Å². The number of alkyl halides is 6. The van der Waals surface area contributed by atoms with Gasteiger partial charge in [0.25, 0.3) is 0 Å². The Labute approximate surface area is 276 Å². The van der Waals surface area contributed by atoms with Gasteiger partial charge in [-0.25, -0.2) is 9.29 Å². The first-order chi connectivity index (χ1) is 23.1. The molecule has 13 heteroatoms. The van der Waals surface area contributed by atoms with Gasteiger partial charge in [0.05, 0.1) is 41.4 Å². The number of ether oxygens (including phenoxy) is 2. The van der Waals surface area contributed by atoms with E-state index < -0.39 is 76.4 Å². The highest BCUT2D eigenvalue weighted by Gasteiger charge is 2.57. The van der Waals surface area contributed by atoms with E-state index in [9.17, 15) is 45.4 Å². The number of carbonyl (C=O) groups excluding carboxylic acids is 2. The van der Waals surface area contributed by atoms with Crippen molar-refractivity contribution in [1.82, 2.24) is 0 Å². The van der Waals surface area contributed by atoms with Gasteiger partial charge >= 0.3 is 12.4 Å². The molecular formula is C36H30F7NO5. The van der Waals surface area contributed by atoms with Crippen LogP contribution in [0.15, 0.2) is 83.4 Å². The van der Waals surface area contributed by atoms with Gasteiger partial charge in [0, 0.05) is 5.92 Å². The molecule has 0 radical (unpaired) electrons. The van der Waals surface area contributed by atoms with Crippen LogP contribution in [-0.2, 0) is 26.7 Å². The average Bonchev–Trinajstić information content (AvgIpc) is 3.58. The molecule has 1 aliphatic carbocycles. The molecule has 258 valence electrons. The number of halogens is 7. The number of nitrogens with zero attached hydrogens (tertiary/aromatic N) is 1. The molecule has 6 rings (SSSR count). The van der Waals surface area contributed by atoms with Gasteiger partial charge in [0.1, 0.15) is 12.4 Å². The second-order valence-electron chi connectivity index (χ2n) is 12.4. The minimum atomic E-state index is -5.17. The van der Waals surface area contributed by atoms with Crippen molar-refractivity contribution in [2.75, 3.05) is 18.1 Å². The number of benzene rings is 3. The molecule has 2 heterocycles. The minimum absolute atomic E-state index is 0.00301. The van der Waals surface area contributed by atoms with Gasteiger partial charge in [-0.05, 0) is 85.4 Å². The molecule has 2 amide bonds. The number of phenols is 1. The van der Waals surface area contributed by atoms with E-state index in [0.717, 1.165) is 11.1 Å². The number of aromatic hydroxyl groups is 1. The van der Waals surface area contributed by atoms with Gasteiger partial charge in [0.2, 0.25) is 11.8 Å². The van der Waals surface area contributed by atoms with Crippen molar-refractivity contribution in [2.45, 2.75) is 44.6 Å². The van der Waals surface area contributed by atoms with Crippen LogP contribution in [0.5, 0.6) is 11.5 Å². The highest BCUT2D eigenvalue weighted by atomic mass is 19.4. The first kappa shape index (κ1) is 34.2. The number of rotatable bonds is 8. The number of phenolic OH excluding ortho intramolecular Hbond substituents is 1. The van der Waals surface area contributed by atoms with Gasteiger partial charge in [0.15, 0.2) is 11.6 Å². The van der Waals surface area contributed by atoms with Gasteiger partial charge in [-0.3, -0.25) is 9.59 Å². The fraction of sp³-hybridized carbons (Fsp3) is 0.333. The maximum Gasteiger partial charge on any atom is 0.416 e. The third-order valence-electron chi connectivity index (χ3n) is 9.18. The lowest BCUT2D eigenvalue weighted by Crippen LogP contribution is -2.35. The lowest BCUT2D eigenvalue weighted by molar-refractivity contribution is -0.143. The zero-order valence-electron chi connectivity index (χ0n) is 25.9. The fourth-order valence-electron chi connectivity index (χ4n) is 6.94. The molecule has 49 heavy (non-hydrogen) atoms. The van der Waals surface area contributed by atoms with Crippen LogP contribution in [-0.4, -0.2) is 36.2 Å². The summed E-state index contributed by atoms with van der Waals surface area (Å²) in [6, 6.07) is 13.5. The quantitative estimate of drug-likeness (QED) is 0.146. The summed E-state index contributed by atoms with van der Waals surface area (Å²) in [4.78, 5) is 28.1. The van der Waals surface area contributed by atoms with E-state index in [4.69, 9.17) is 9.47 Å². The number of allylic oxidation sites excluding steroid dienone is 1. The fourth-order valence-corrected chi connectivity index (χ4v) is 6.94. The van der Waals surface area contributed by atoms with Crippen LogP contribution in [0.4, 0.5) is 36.4 Å². The average molecular weight is 690 g/mol. The maximum absolute atomic E-state index is 13.9. The molecule has 2 saturated heterocycles. The molecule has 2 aliphatic heterocycles. The zero-order valence-corrected chi connectivity index (χ0v) is 25.9. The Morgan fingerprint density at radius 1 is 0.939 bits per heavy atom. The normalized spacial score (nSPS) is 22.9. The summed E-state index contributed by atoms with van der Waals surface area (Å²) >= 11 is 0. The van der Waals surface area contributed by atoms with Crippen molar-refractivity contribution < 1.29 is 54.9 Å². The largest absolute Gasteiger partial charge is 0.505 e. The van der Waals surface area contributed by atoms with Crippen LogP contribution >= 0.6 is 0 Å². The molecule has 0 aromatic heterocycles.